The standard InChI is InChI=1S/C19H25NO2/c1-3-21-13-14-22-19-10-6-9-18(15-19)20-12-11-17-8-5-4-7-16(17)2/h4-10,15,20H,3,11-14H2,1-2H3. The first-order valence-corrected chi connectivity index (χ1v) is 7.88. The highest BCUT2D eigenvalue weighted by atomic mass is 16.5. The summed E-state index contributed by atoms with van der Waals surface area (Å²) in [6.45, 7) is 6.99. The molecule has 0 atom stereocenters. The highest BCUT2D eigenvalue weighted by Crippen LogP contribution is 2.17. The first-order valence-electron chi connectivity index (χ1n) is 7.88. The van der Waals surface area contributed by atoms with Gasteiger partial charge in [0.15, 0.2) is 0 Å². The van der Waals surface area contributed by atoms with E-state index in [9.17, 15) is 0 Å². The van der Waals surface area contributed by atoms with Crippen LogP contribution in [0.1, 0.15) is 18.1 Å². The second-order valence-electron chi connectivity index (χ2n) is 5.18. The zero-order chi connectivity index (χ0) is 15.6. The van der Waals surface area contributed by atoms with Gasteiger partial charge in [-0.05, 0) is 43.5 Å². The Kier molecular flexibility index (Phi) is 6.78. The van der Waals surface area contributed by atoms with Crippen molar-refractivity contribution in [3.63, 3.8) is 0 Å². The molecule has 0 saturated carbocycles. The second-order valence-corrected chi connectivity index (χ2v) is 5.18. The van der Waals surface area contributed by atoms with Gasteiger partial charge in [0, 0.05) is 24.9 Å². The van der Waals surface area contributed by atoms with Crippen LogP contribution in [0.3, 0.4) is 0 Å². The highest BCUT2D eigenvalue weighted by Gasteiger charge is 1.99. The lowest BCUT2D eigenvalue weighted by molar-refractivity contribution is 0.110. The molecular formula is C19H25NO2. The van der Waals surface area contributed by atoms with Crippen molar-refractivity contribution in [2.45, 2.75) is 20.3 Å². The Morgan fingerprint density at radius 3 is 2.68 bits per heavy atom. The molecule has 118 valence electrons. The summed E-state index contributed by atoms with van der Waals surface area (Å²) in [7, 11) is 0. The predicted molar refractivity (Wildman–Crippen MR) is 91.8 cm³/mol. The quantitative estimate of drug-likeness (QED) is 0.708. The Labute approximate surface area is 133 Å². The number of rotatable bonds is 9. The number of hydrogen-bond donors (Lipinski definition) is 1. The van der Waals surface area contributed by atoms with Gasteiger partial charge in [-0.15, -0.1) is 0 Å². The molecule has 0 aliphatic carbocycles. The molecule has 0 amide bonds. The van der Waals surface area contributed by atoms with E-state index in [1.807, 2.05) is 25.1 Å². The lowest BCUT2D eigenvalue weighted by Gasteiger charge is -2.11. The van der Waals surface area contributed by atoms with Crippen LogP contribution in [0.15, 0.2) is 48.5 Å². The van der Waals surface area contributed by atoms with Crippen LogP contribution >= 0.6 is 0 Å². The molecule has 0 aromatic heterocycles. The Morgan fingerprint density at radius 2 is 1.86 bits per heavy atom. The fraction of sp³-hybridized carbons (Fsp3) is 0.368. The normalized spacial score (nSPS) is 10.5. The van der Waals surface area contributed by atoms with E-state index < -0.39 is 0 Å². The maximum Gasteiger partial charge on any atom is 0.121 e. The van der Waals surface area contributed by atoms with Gasteiger partial charge in [-0.25, -0.2) is 0 Å². The number of aryl methyl sites for hydroxylation is 1. The summed E-state index contributed by atoms with van der Waals surface area (Å²) in [5, 5.41) is 3.45. The SMILES string of the molecule is CCOCCOc1cccc(NCCc2ccccc2C)c1. The fourth-order valence-corrected chi connectivity index (χ4v) is 2.29. The lowest BCUT2D eigenvalue weighted by atomic mass is 10.1. The maximum absolute atomic E-state index is 5.67. The van der Waals surface area contributed by atoms with E-state index in [-0.39, 0.29) is 0 Å². The largest absolute Gasteiger partial charge is 0.491 e. The van der Waals surface area contributed by atoms with Crippen molar-refractivity contribution in [3.05, 3.63) is 59.7 Å². The Balaban J connectivity index is 1.79. The summed E-state index contributed by atoms with van der Waals surface area (Å²) >= 11 is 0. The third-order valence-electron chi connectivity index (χ3n) is 3.52. The Bertz CT molecular complexity index is 569. The van der Waals surface area contributed by atoms with Crippen LogP contribution < -0.4 is 10.1 Å². The maximum atomic E-state index is 5.67. The molecule has 0 aliphatic rings. The van der Waals surface area contributed by atoms with Crippen LogP contribution in [-0.2, 0) is 11.2 Å². The lowest BCUT2D eigenvalue weighted by Crippen LogP contribution is -2.08. The van der Waals surface area contributed by atoms with Crippen LogP contribution in [-0.4, -0.2) is 26.4 Å². The van der Waals surface area contributed by atoms with Gasteiger partial charge in [0.2, 0.25) is 0 Å². The van der Waals surface area contributed by atoms with E-state index in [0.717, 1.165) is 31.0 Å². The van der Waals surface area contributed by atoms with Gasteiger partial charge in [-0.2, -0.15) is 0 Å². The van der Waals surface area contributed by atoms with E-state index in [2.05, 4.69) is 42.6 Å². The monoisotopic (exact) mass is 299 g/mol. The first kappa shape index (κ1) is 16.4. The molecule has 22 heavy (non-hydrogen) atoms. The van der Waals surface area contributed by atoms with Crippen molar-refractivity contribution in [2.24, 2.45) is 0 Å². The van der Waals surface area contributed by atoms with Crippen LogP contribution in [0.4, 0.5) is 5.69 Å². The van der Waals surface area contributed by atoms with Gasteiger partial charge in [-0.1, -0.05) is 30.3 Å². The topological polar surface area (TPSA) is 30.5 Å². The molecule has 2 aromatic rings. The van der Waals surface area contributed by atoms with E-state index in [4.69, 9.17) is 9.47 Å². The molecule has 2 rings (SSSR count). The van der Waals surface area contributed by atoms with Gasteiger partial charge in [0.25, 0.3) is 0 Å². The molecule has 0 bridgehead atoms. The minimum absolute atomic E-state index is 0.584. The predicted octanol–water partition coefficient (Wildman–Crippen LogP) is 4.06. The molecule has 0 saturated heterocycles. The van der Waals surface area contributed by atoms with Crippen molar-refractivity contribution >= 4 is 5.69 Å². The zero-order valence-corrected chi connectivity index (χ0v) is 13.5. The van der Waals surface area contributed by atoms with Gasteiger partial charge in [0.1, 0.15) is 12.4 Å². The third-order valence-corrected chi connectivity index (χ3v) is 3.52. The molecule has 0 heterocycles. The summed E-state index contributed by atoms with van der Waals surface area (Å²) < 4.78 is 10.9. The van der Waals surface area contributed by atoms with Crippen molar-refractivity contribution in [1.82, 2.24) is 0 Å². The number of nitrogens with one attached hydrogen (secondary N) is 1. The number of benzene rings is 2. The highest BCUT2D eigenvalue weighted by molar-refractivity contribution is 5.48. The van der Waals surface area contributed by atoms with E-state index in [1.165, 1.54) is 11.1 Å². The van der Waals surface area contributed by atoms with Gasteiger partial charge < -0.3 is 14.8 Å². The molecule has 0 aliphatic heterocycles. The van der Waals surface area contributed by atoms with Crippen LogP contribution in [0, 0.1) is 6.92 Å². The summed E-state index contributed by atoms with van der Waals surface area (Å²) in [5.74, 6) is 0.876. The summed E-state index contributed by atoms with van der Waals surface area (Å²) in [6.07, 6.45) is 1.02. The van der Waals surface area contributed by atoms with E-state index >= 15 is 0 Å². The van der Waals surface area contributed by atoms with Gasteiger partial charge >= 0.3 is 0 Å². The second kappa shape index (κ2) is 9.11. The molecule has 2 aromatic carbocycles. The smallest absolute Gasteiger partial charge is 0.121 e. The number of anilines is 1. The summed E-state index contributed by atoms with van der Waals surface area (Å²) in [6, 6.07) is 16.6. The van der Waals surface area contributed by atoms with Crippen molar-refractivity contribution in [2.75, 3.05) is 31.7 Å². The van der Waals surface area contributed by atoms with Gasteiger partial charge in [-0.3, -0.25) is 0 Å². The molecule has 0 fully saturated rings. The van der Waals surface area contributed by atoms with Crippen LogP contribution in [0.5, 0.6) is 5.75 Å². The summed E-state index contributed by atoms with van der Waals surface area (Å²) in [5.41, 5.74) is 3.82. The van der Waals surface area contributed by atoms with Crippen molar-refractivity contribution in [1.29, 1.82) is 0 Å². The molecule has 0 spiro atoms. The molecular weight excluding hydrogens is 274 g/mol. The molecule has 0 radical (unpaired) electrons. The zero-order valence-electron chi connectivity index (χ0n) is 13.5. The van der Waals surface area contributed by atoms with Gasteiger partial charge in [0.05, 0.1) is 6.61 Å². The first-order chi connectivity index (χ1) is 10.8. The fourth-order valence-electron chi connectivity index (χ4n) is 2.29. The molecule has 3 nitrogen and oxygen atoms in total. The Morgan fingerprint density at radius 1 is 1.00 bits per heavy atom. The minimum Gasteiger partial charge on any atom is -0.491 e. The molecule has 1 N–H and O–H groups in total. The number of hydrogen-bond acceptors (Lipinski definition) is 3. The molecule has 0 unspecified atom stereocenters. The third kappa shape index (κ3) is 5.41. The van der Waals surface area contributed by atoms with Crippen molar-refractivity contribution in [3.8, 4) is 5.75 Å². The van der Waals surface area contributed by atoms with Crippen LogP contribution in [0.25, 0.3) is 0 Å². The number of ether oxygens (including phenoxy) is 2. The Hall–Kier alpha value is -2.00. The average molecular weight is 299 g/mol. The van der Waals surface area contributed by atoms with Crippen LogP contribution in [0.2, 0.25) is 0 Å². The van der Waals surface area contributed by atoms with Crippen molar-refractivity contribution < 1.29 is 9.47 Å². The minimum atomic E-state index is 0.584. The molecule has 3 heteroatoms. The average Bonchev–Trinajstić information content (AvgIpc) is 2.54. The van der Waals surface area contributed by atoms with E-state index in [0.29, 0.717) is 13.2 Å². The van der Waals surface area contributed by atoms with E-state index in [1.54, 1.807) is 0 Å². The summed E-state index contributed by atoms with van der Waals surface area (Å²) in [4.78, 5) is 0.